The van der Waals surface area contributed by atoms with E-state index in [4.69, 9.17) is 0 Å². The Balaban J connectivity index is 1.24. The van der Waals surface area contributed by atoms with E-state index in [2.05, 4.69) is 44.9 Å². The summed E-state index contributed by atoms with van der Waals surface area (Å²) in [5.74, 6) is 11.0. The van der Waals surface area contributed by atoms with Crippen molar-refractivity contribution < 1.29 is 19.5 Å². The molecule has 4 amide bonds. The van der Waals surface area contributed by atoms with E-state index in [1.807, 2.05) is 72.8 Å². The molecule has 5 aromatic carbocycles. The molecule has 0 aliphatic carbocycles. The average Bonchev–Trinajstić information content (AvgIpc) is 3.04. The van der Waals surface area contributed by atoms with E-state index in [1.54, 1.807) is 36.4 Å². The van der Waals surface area contributed by atoms with Crippen LogP contribution in [-0.4, -0.2) is 23.1 Å². The molecule has 5 rings (SSSR count). The van der Waals surface area contributed by atoms with Gasteiger partial charge in [-0.1, -0.05) is 72.2 Å². The van der Waals surface area contributed by atoms with Crippen LogP contribution in [0, 0.1) is 23.7 Å². The lowest BCUT2D eigenvalue weighted by Gasteiger charge is -2.12. The maximum atomic E-state index is 12.8. The van der Waals surface area contributed by atoms with Crippen molar-refractivity contribution >= 4 is 40.8 Å². The highest BCUT2D eigenvalue weighted by Gasteiger charge is 2.12. The van der Waals surface area contributed by atoms with Gasteiger partial charge in [-0.2, -0.15) is 0 Å². The van der Waals surface area contributed by atoms with Crippen molar-refractivity contribution in [2.24, 2.45) is 0 Å². The van der Waals surface area contributed by atoms with Crippen molar-refractivity contribution in [2.75, 3.05) is 21.3 Å². The molecule has 0 spiro atoms. The zero-order valence-electron chi connectivity index (χ0n) is 23.8. The Morgan fingerprint density at radius 3 is 1.22 bits per heavy atom. The van der Waals surface area contributed by atoms with Crippen LogP contribution in [0.2, 0.25) is 0 Å². The summed E-state index contributed by atoms with van der Waals surface area (Å²) in [6.07, 6.45) is 0. The summed E-state index contributed by atoms with van der Waals surface area (Å²) in [7, 11) is 0. The molecule has 0 saturated heterocycles. The molecule has 0 atom stereocenters. The van der Waals surface area contributed by atoms with Crippen LogP contribution in [0.15, 0.2) is 127 Å². The largest absolute Gasteiger partial charge is 0.478 e. The van der Waals surface area contributed by atoms with Crippen molar-refractivity contribution in [2.45, 2.75) is 0 Å². The minimum Gasteiger partial charge on any atom is -0.478 e. The summed E-state index contributed by atoms with van der Waals surface area (Å²) in [5.41, 5.74) is 4.34. The van der Waals surface area contributed by atoms with Gasteiger partial charge in [0.25, 0.3) is 0 Å². The second-order valence-electron chi connectivity index (χ2n) is 9.66. The van der Waals surface area contributed by atoms with Crippen LogP contribution < -0.4 is 21.3 Å². The van der Waals surface area contributed by atoms with Crippen LogP contribution in [0.1, 0.15) is 32.6 Å². The molecular weight excluding hydrogens is 564 g/mol. The molecule has 0 unspecified atom stereocenters. The van der Waals surface area contributed by atoms with E-state index < -0.39 is 18.0 Å². The summed E-state index contributed by atoms with van der Waals surface area (Å²) in [6.45, 7) is 0. The van der Waals surface area contributed by atoms with E-state index in [0.29, 0.717) is 22.5 Å². The first-order valence-corrected chi connectivity index (χ1v) is 13.8. The number of amides is 4. The standard InChI is InChI=1S/C37H26N4O4/c42-35(43)30-23-33(40-36(44)38-31-15-7-13-28(21-31)19-17-26-9-3-1-4-10-26)25-34(24-30)41-37(45)39-32-16-8-14-29(22-32)20-18-27-11-5-2-6-12-27/h1-16,21-25H,(H,42,43)(H2,38,40,44)(H2,39,41,45). The van der Waals surface area contributed by atoms with E-state index in [-0.39, 0.29) is 16.9 Å². The predicted octanol–water partition coefficient (Wildman–Crippen LogP) is 7.47. The van der Waals surface area contributed by atoms with Gasteiger partial charge >= 0.3 is 18.0 Å². The first-order chi connectivity index (χ1) is 21.9. The van der Waals surface area contributed by atoms with E-state index in [9.17, 15) is 19.5 Å². The number of carboxylic acids is 1. The van der Waals surface area contributed by atoms with Crippen LogP contribution in [0.5, 0.6) is 0 Å². The van der Waals surface area contributed by atoms with E-state index >= 15 is 0 Å². The quantitative estimate of drug-likeness (QED) is 0.136. The number of hydrogen-bond donors (Lipinski definition) is 5. The zero-order valence-corrected chi connectivity index (χ0v) is 23.8. The molecule has 45 heavy (non-hydrogen) atoms. The van der Waals surface area contributed by atoms with Crippen molar-refractivity contribution in [1.29, 1.82) is 0 Å². The number of carbonyl (C=O) groups is 3. The molecule has 218 valence electrons. The summed E-state index contributed by atoms with van der Waals surface area (Å²) in [5, 5.41) is 20.3. The SMILES string of the molecule is O=C(Nc1cccc(C#Cc2ccccc2)c1)Nc1cc(NC(=O)Nc2cccc(C#Cc3ccccc3)c2)cc(C(=O)O)c1. The number of anilines is 4. The maximum absolute atomic E-state index is 12.8. The third-order valence-corrected chi connectivity index (χ3v) is 6.19. The van der Waals surface area contributed by atoms with Crippen LogP contribution in [0.3, 0.4) is 0 Å². The van der Waals surface area contributed by atoms with Crippen LogP contribution in [-0.2, 0) is 0 Å². The number of carboxylic acid groups (broad SMARTS) is 1. The van der Waals surface area contributed by atoms with Gasteiger partial charge in [0.1, 0.15) is 0 Å². The van der Waals surface area contributed by atoms with Gasteiger partial charge in [-0.25, -0.2) is 14.4 Å². The number of carbonyl (C=O) groups excluding carboxylic acids is 2. The fraction of sp³-hybridized carbons (Fsp3) is 0. The predicted molar refractivity (Wildman–Crippen MR) is 176 cm³/mol. The Labute approximate surface area is 260 Å². The van der Waals surface area contributed by atoms with Gasteiger partial charge in [0.15, 0.2) is 0 Å². The average molecular weight is 591 g/mol. The van der Waals surface area contributed by atoms with E-state index in [0.717, 1.165) is 11.1 Å². The summed E-state index contributed by atoms with van der Waals surface area (Å²) in [4.78, 5) is 37.4. The van der Waals surface area contributed by atoms with Gasteiger partial charge in [0.05, 0.1) is 5.56 Å². The number of nitrogens with one attached hydrogen (secondary N) is 4. The molecule has 0 heterocycles. The molecule has 5 N–H and O–H groups in total. The third-order valence-electron chi connectivity index (χ3n) is 6.19. The number of hydrogen-bond acceptors (Lipinski definition) is 3. The Morgan fingerprint density at radius 2 is 0.800 bits per heavy atom. The maximum Gasteiger partial charge on any atom is 0.335 e. The smallest absolute Gasteiger partial charge is 0.335 e. The molecule has 5 aromatic rings. The normalized spacial score (nSPS) is 9.78. The fourth-order valence-electron chi connectivity index (χ4n) is 4.16. The number of aromatic carboxylic acids is 1. The van der Waals surface area contributed by atoms with Gasteiger partial charge in [-0.3, -0.25) is 0 Å². The summed E-state index contributed by atoms with van der Waals surface area (Å²) < 4.78 is 0. The second-order valence-corrected chi connectivity index (χ2v) is 9.66. The highest BCUT2D eigenvalue weighted by Crippen LogP contribution is 2.21. The topological polar surface area (TPSA) is 120 Å². The van der Waals surface area contributed by atoms with E-state index in [1.165, 1.54) is 18.2 Å². The van der Waals surface area contributed by atoms with Crippen molar-refractivity contribution in [3.63, 3.8) is 0 Å². The minimum absolute atomic E-state index is 0.125. The monoisotopic (exact) mass is 590 g/mol. The van der Waals surface area contributed by atoms with Crippen LogP contribution >= 0.6 is 0 Å². The Morgan fingerprint density at radius 1 is 0.422 bits per heavy atom. The Bertz CT molecular complexity index is 1850. The minimum atomic E-state index is -1.23. The van der Waals surface area contributed by atoms with Gasteiger partial charge in [-0.15, -0.1) is 0 Å². The Kier molecular flexibility index (Phi) is 9.52. The fourth-order valence-corrected chi connectivity index (χ4v) is 4.16. The molecule has 0 aliphatic rings. The zero-order chi connectivity index (χ0) is 31.4. The molecule has 8 nitrogen and oxygen atoms in total. The van der Waals surface area contributed by atoms with Gasteiger partial charge in [-0.05, 0) is 78.9 Å². The molecule has 0 fully saturated rings. The molecule has 0 saturated carbocycles. The van der Waals surface area contributed by atoms with Crippen molar-refractivity contribution in [3.8, 4) is 23.7 Å². The Hall–Kier alpha value is -6.77. The van der Waals surface area contributed by atoms with Crippen LogP contribution in [0.25, 0.3) is 0 Å². The van der Waals surface area contributed by atoms with Crippen LogP contribution in [0.4, 0.5) is 32.3 Å². The number of urea groups is 2. The van der Waals surface area contributed by atoms with Gasteiger partial charge in [0.2, 0.25) is 0 Å². The molecule has 8 heteroatoms. The lowest BCUT2D eigenvalue weighted by Crippen LogP contribution is -2.21. The lowest BCUT2D eigenvalue weighted by molar-refractivity contribution is 0.0697. The molecule has 0 radical (unpaired) electrons. The summed E-state index contributed by atoms with van der Waals surface area (Å²) >= 11 is 0. The molecule has 0 aromatic heterocycles. The number of rotatable bonds is 5. The lowest BCUT2D eigenvalue weighted by atomic mass is 10.1. The van der Waals surface area contributed by atoms with Crippen molar-refractivity contribution in [1.82, 2.24) is 0 Å². The first-order valence-electron chi connectivity index (χ1n) is 13.8. The van der Waals surface area contributed by atoms with Gasteiger partial charge < -0.3 is 26.4 Å². The molecule has 0 aliphatic heterocycles. The highest BCUT2D eigenvalue weighted by atomic mass is 16.4. The third kappa shape index (κ3) is 9.11. The van der Waals surface area contributed by atoms with Gasteiger partial charge in [0, 0.05) is 45.0 Å². The second kappa shape index (κ2) is 14.4. The highest BCUT2D eigenvalue weighted by molar-refractivity contribution is 6.04. The number of benzene rings is 5. The first kappa shape index (κ1) is 29.7. The summed E-state index contributed by atoms with van der Waals surface area (Å²) in [6, 6.07) is 36.0. The van der Waals surface area contributed by atoms with Crippen molar-refractivity contribution in [3.05, 3.63) is 155 Å². The molecular formula is C37H26N4O4. The molecule has 0 bridgehead atoms.